The first-order valence-corrected chi connectivity index (χ1v) is 5.79. The van der Waals surface area contributed by atoms with Crippen molar-refractivity contribution in [3.63, 3.8) is 0 Å². The topological polar surface area (TPSA) is 89.7 Å². The number of hydrogen-bond acceptors (Lipinski definition) is 4. The van der Waals surface area contributed by atoms with Gasteiger partial charge in [0.15, 0.2) is 11.6 Å². The SMILES string of the molecule is COc1ccc(-c2ccc(C(=O)O)cc2[N+](=O)[O-])cc1F. The number of carbonyl (C=O) groups is 1. The predicted molar refractivity (Wildman–Crippen MR) is 72.0 cm³/mol. The second-order valence-corrected chi connectivity index (χ2v) is 4.14. The fourth-order valence-corrected chi connectivity index (χ4v) is 1.89. The normalized spacial score (nSPS) is 10.2. The lowest BCUT2D eigenvalue weighted by Gasteiger charge is -2.07. The highest BCUT2D eigenvalue weighted by molar-refractivity contribution is 5.90. The van der Waals surface area contributed by atoms with Crippen LogP contribution in [0.15, 0.2) is 36.4 Å². The molecule has 21 heavy (non-hydrogen) atoms. The number of nitro groups is 1. The number of benzene rings is 2. The zero-order valence-corrected chi connectivity index (χ0v) is 10.9. The van der Waals surface area contributed by atoms with Crippen molar-refractivity contribution < 1.29 is 24.0 Å². The fourth-order valence-electron chi connectivity index (χ4n) is 1.89. The van der Waals surface area contributed by atoms with Crippen LogP contribution >= 0.6 is 0 Å². The van der Waals surface area contributed by atoms with E-state index in [4.69, 9.17) is 9.84 Å². The van der Waals surface area contributed by atoms with Gasteiger partial charge in [0.2, 0.25) is 0 Å². The molecule has 6 nitrogen and oxygen atoms in total. The van der Waals surface area contributed by atoms with Crippen molar-refractivity contribution in [2.75, 3.05) is 7.11 Å². The van der Waals surface area contributed by atoms with Crippen LogP contribution in [0, 0.1) is 15.9 Å². The van der Waals surface area contributed by atoms with Gasteiger partial charge in [0, 0.05) is 6.07 Å². The molecule has 0 radical (unpaired) electrons. The highest BCUT2D eigenvalue weighted by atomic mass is 19.1. The lowest BCUT2D eigenvalue weighted by atomic mass is 10.0. The van der Waals surface area contributed by atoms with Gasteiger partial charge >= 0.3 is 5.97 Å². The Morgan fingerprint density at radius 3 is 2.52 bits per heavy atom. The second-order valence-electron chi connectivity index (χ2n) is 4.14. The third kappa shape index (κ3) is 2.81. The van der Waals surface area contributed by atoms with Crippen molar-refractivity contribution in [2.45, 2.75) is 0 Å². The number of nitro benzene ring substituents is 1. The molecule has 0 saturated heterocycles. The van der Waals surface area contributed by atoms with Crippen LogP contribution in [0.5, 0.6) is 5.75 Å². The maximum Gasteiger partial charge on any atom is 0.335 e. The molecule has 0 aromatic heterocycles. The smallest absolute Gasteiger partial charge is 0.335 e. The van der Waals surface area contributed by atoms with E-state index in [0.717, 1.165) is 12.1 Å². The van der Waals surface area contributed by atoms with Gasteiger partial charge in [-0.3, -0.25) is 10.1 Å². The summed E-state index contributed by atoms with van der Waals surface area (Å²) in [5.41, 5.74) is -0.220. The number of methoxy groups -OCH3 is 1. The van der Waals surface area contributed by atoms with Gasteiger partial charge in [-0.05, 0) is 29.8 Å². The Hall–Kier alpha value is -2.96. The van der Waals surface area contributed by atoms with Gasteiger partial charge in [-0.15, -0.1) is 0 Å². The highest BCUT2D eigenvalue weighted by Crippen LogP contribution is 2.33. The molecule has 2 aromatic carbocycles. The van der Waals surface area contributed by atoms with Gasteiger partial charge in [-0.25, -0.2) is 9.18 Å². The number of ether oxygens (including phenoxy) is 1. The number of carboxylic acid groups (broad SMARTS) is 1. The van der Waals surface area contributed by atoms with Crippen molar-refractivity contribution >= 4 is 11.7 Å². The molecule has 0 unspecified atom stereocenters. The molecule has 0 amide bonds. The molecule has 108 valence electrons. The monoisotopic (exact) mass is 291 g/mol. The number of nitrogens with zero attached hydrogens (tertiary/aromatic N) is 1. The number of carboxylic acids is 1. The summed E-state index contributed by atoms with van der Waals surface area (Å²) in [5, 5.41) is 19.9. The Balaban J connectivity index is 2.60. The molecule has 0 bridgehead atoms. The van der Waals surface area contributed by atoms with Crippen LogP contribution in [0.1, 0.15) is 10.4 Å². The van der Waals surface area contributed by atoms with Gasteiger partial charge in [0.1, 0.15) is 0 Å². The molecule has 2 aromatic rings. The van der Waals surface area contributed by atoms with Crippen molar-refractivity contribution in [2.24, 2.45) is 0 Å². The summed E-state index contributed by atoms with van der Waals surface area (Å²) in [6.45, 7) is 0. The van der Waals surface area contributed by atoms with E-state index in [9.17, 15) is 19.3 Å². The number of rotatable bonds is 4. The van der Waals surface area contributed by atoms with Gasteiger partial charge < -0.3 is 9.84 Å². The van der Waals surface area contributed by atoms with Gasteiger partial charge in [-0.2, -0.15) is 0 Å². The third-order valence-electron chi connectivity index (χ3n) is 2.90. The molecule has 0 aliphatic rings. The maximum absolute atomic E-state index is 13.7. The summed E-state index contributed by atoms with van der Waals surface area (Å²) in [6, 6.07) is 7.36. The first kappa shape index (κ1) is 14.4. The Bertz CT molecular complexity index is 729. The van der Waals surface area contributed by atoms with Crippen LogP contribution in [0.2, 0.25) is 0 Å². The van der Waals surface area contributed by atoms with E-state index in [1.54, 1.807) is 0 Å². The zero-order valence-electron chi connectivity index (χ0n) is 10.9. The van der Waals surface area contributed by atoms with Crippen molar-refractivity contribution in [1.29, 1.82) is 0 Å². The quantitative estimate of drug-likeness (QED) is 0.690. The van der Waals surface area contributed by atoms with Crippen molar-refractivity contribution in [3.05, 3.63) is 57.9 Å². The summed E-state index contributed by atoms with van der Waals surface area (Å²) < 4.78 is 18.5. The first-order chi connectivity index (χ1) is 9.93. The number of halogens is 1. The fraction of sp³-hybridized carbons (Fsp3) is 0.0714. The van der Waals surface area contributed by atoms with Crippen LogP contribution in [-0.2, 0) is 0 Å². The first-order valence-electron chi connectivity index (χ1n) is 5.79. The summed E-state index contributed by atoms with van der Waals surface area (Å²) >= 11 is 0. The summed E-state index contributed by atoms with van der Waals surface area (Å²) in [4.78, 5) is 21.2. The standard InChI is InChI=1S/C14H10FNO5/c1-21-13-5-3-8(6-11(13)15)10-4-2-9(14(17)18)7-12(10)16(19)20/h2-7H,1H3,(H,17,18). The van der Waals surface area contributed by atoms with E-state index in [-0.39, 0.29) is 22.4 Å². The molecule has 0 aliphatic carbocycles. The van der Waals surface area contributed by atoms with E-state index >= 15 is 0 Å². The van der Waals surface area contributed by atoms with Gasteiger partial charge in [0.05, 0.1) is 23.2 Å². The van der Waals surface area contributed by atoms with Crippen molar-refractivity contribution in [3.8, 4) is 16.9 Å². The van der Waals surface area contributed by atoms with Crippen LogP contribution in [0.4, 0.5) is 10.1 Å². The minimum Gasteiger partial charge on any atom is -0.494 e. The lowest BCUT2D eigenvalue weighted by Crippen LogP contribution is -2.00. The number of hydrogen-bond donors (Lipinski definition) is 1. The van der Waals surface area contributed by atoms with Gasteiger partial charge in [0.25, 0.3) is 5.69 Å². The molecule has 0 saturated carbocycles. The predicted octanol–water partition coefficient (Wildman–Crippen LogP) is 3.11. The largest absolute Gasteiger partial charge is 0.494 e. The Labute approximate surface area is 118 Å². The number of aromatic carboxylic acids is 1. The summed E-state index contributed by atoms with van der Waals surface area (Å²) in [5.74, 6) is -1.92. The molecule has 0 spiro atoms. The maximum atomic E-state index is 13.7. The average Bonchev–Trinajstić information content (AvgIpc) is 2.46. The van der Waals surface area contributed by atoms with E-state index in [0.29, 0.717) is 0 Å². The van der Waals surface area contributed by atoms with E-state index in [1.807, 2.05) is 0 Å². The van der Waals surface area contributed by atoms with Crippen LogP contribution in [0.25, 0.3) is 11.1 Å². The highest BCUT2D eigenvalue weighted by Gasteiger charge is 2.19. The molecule has 1 N–H and O–H groups in total. The van der Waals surface area contributed by atoms with Crippen LogP contribution in [-0.4, -0.2) is 23.1 Å². The Morgan fingerprint density at radius 1 is 1.29 bits per heavy atom. The second kappa shape index (κ2) is 5.58. The Morgan fingerprint density at radius 2 is 2.00 bits per heavy atom. The minimum absolute atomic E-state index is 0.0172. The van der Waals surface area contributed by atoms with E-state index in [1.165, 1.54) is 31.4 Å². The molecule has 0 fully saturated rings. The molecular weight excluding hydrogens is 281 g/mol. The van der Waals surface area contributed by atoms with Crippen LogP contribution in [0.3, 0.4) is 0 Å². The van der Waals surface area contributed by atoms with Crippen molar-refractivity contribution in [1.82, 2.24) is 0 Å². The molecule has 0 heterocycles. The van der Waals surface area contributed by atoms with Gasteiger partial charge in [-0.1, -0.05) is 6.07 Å². The van der Waals surface area contributed by atoms with E-state index in [2.05, 4.69) is 0 Å². The third-order valence-corrected chi connectivity index (χ3v) is 2.90. The minimum atomic E-state index is -1.27. The molecule has 0 atom stereocenters. The summed E-state index contributed by atoms with van der Waals surface area (Å²) in [6.07, 6.45) is 0. The van der Waals surface area contributed by atoms with E-state index < -0.39 is 22.4 Å². The zero-order chi connectivity index (χ0) is 15.6. The molecule has 7 heteroatoms. The molecule has 2 rings (SSSR count). The van der Waals surface area contributed by atoms with Crippen LogP contribution < -0.4 is 4.74 Å². The average molecular weight is 291 g/mol. The summed E-state index contributed by atoms with van der Waals surface area (Å²) in [7, 11) is 1.31. The molecular formula is C14H10FNO5. The molecule has 0 aliphatic heterocycles. The Kier molecular flexibility index (Phi) is 3.84. The lowest BCUT2D eigenvalue weighted by molar-refractivity contribution is -0.384.